The molecule has 0 radical (unpaired) electrons. The van der Waals surface area contributed by atoms with Crippen LogP contribution in [-0.2, 0) is 5.75 Å². The largest absolute Gasteiger partial charge is 0.497 e. The molecule has 0 saturated heterocycles. The quantitative estimate of drug-likeness (QED) is 0.230. The van der Waals surface area contributed by atoms with Gasteiger partial charge in [0.05, 0.1) is 19.1 Å². The molecule has 0 aliphatic rings. The lowest BCUT2D eigenvalue weighted by Crippen LogP contribution is -2.11. The lowest BCUT2D eigenvalue weighted by atomic mass is 10.1. The number of thioether (sulfide) groups is 1. The van der Waals surface area contributed by atoms with Crippen LogP contribution in [0.5, 0.6) is 5.75 Å². The highest BCUT2D eigenvalue weighted by atomic mass is 35.5. The summed E-state index contributed by atoms with van der Waals surface area (Å²) >= 11 is 7.78. The molecule has 180 valence electrons. The fourth-order valence-electron chi connectivity index (χ4n) is 3.55. The zero-order chi connectivity index (χ0) is 24.9. The molecule has 5 aromatic rings. The Kier molecular flexibility index (Phi) is 7.06. The molecule has 2 aromatic heterocycles. The Balaban J connectivity index is 1.30. The number of benzene rings is 3. The Hall–Kier alpha value is -4.01. The van der Waals surface area contributed by atoms with E-state index in [1.54, 1.807) is 37.6 Å². The van der Waals surface area contributed by atoms with E-state index in [9.17, 15) is 4.79 Å². The van der Waals surface area contributed by atoms with Crippen molar-refractivity contribution in [2.24, 2.45) is 0 Å². The second-order valence-electron chi connectivity index (χ2n) is 7.77. The number of carbonyl (C=O) groups is 1. The van der Waals surface area contributed by atoms with Gasteiger partial charge in [-0.15, -0.1) is 10.2 Å². The highest BCUT2D eigenvalue weighted by molar-refractivity contribution is 7.98. The van der Waals surface area contributed by atoms with Crippen LogP contribution in [0.1, 0.15) is 15.9 Å². The molecule has 1 N–H and O–H groups in total. The van der Waals surface area contributed by atoms with Crippen molar-refractivity contribution in [3.63, 3.8) is 0 Å². The van der Waals surface area contributed by atoms with Crippen molar-refractivity contribution in [3.05, 3.63) is 107 Å². The van der Waals surface area contributed by atoms with Crippen LogP contribution in [0.4, 0.5) is 5.69 Å². The number of rotatable bonds is 8. The topological polar surface area (TPSA) is 82.2 Å². The third-order valence-electron chi connectivity index (χ3n) is 5.37. The molecule has 1 amide bonds. The van der Waals surface area contributed by atoms with E-state index in [-0.39, 0.29) is 5.91 Å². The van der Waals surface area contributed by atoms with Crippen molar-refractivity contribution in [2.75, 3.05) is 12.4 Å². The Morgan fingerprint density at radius 2 is 1.83 bits per heavy atom. The number of furan rings is 1. The predicted molar refractivity (Wildman–Crippen MR) is 141 cm³/mol. The standard InChI is InChI=1S/C27H21ClN4O3S/c1-34-23-13-11-21(12-14-23)29-26(33)19-9-7-18(8-10-19)17-36-27-31-30-25(24-6-3-15-35-24)32(27)22-5-2-4-20(28)16-22/h2-16H,17H2,1H3,(H,29,33). The van der Waals surface area contributed by atoms with E-state index in [4.69, 9.17) is 20.8 Å². The zero-order valence-corrected chi connectivity index (χ0v) is 20.8. The number of halogens is 1. The summed E-state index contributed by atoms with van der Waals surface area (Å²) in [5.74, 6) is 2.40. The van der Waals surface area contributed by atoms with Gasteiger partial charge in [0.2, 0.25) is 5.82 Å². The summed E-state index contributed by atoms with van der Waals surface area (Å²) in [5, 5.41) is 13.0. The van der Waals surface area contributed by atoms with Crippen molar-refractivity contribution in [2.45, 2.75) is 10.9 Å². The average molecular weight is 517 g/mol. The summed E-state index contributed by atoms with van der Waals surface area (Å²) in [4.78, 5) is 12.6. The summed E-state index contributed by atoms with van der Waals surface area (Å²) in [6, 6.07) is 25.9. The molecule has 0 aliphatic carbocycles. The monoisotopic (exact) mass is 516 g/mol. The third-order valence-corrected chi connectivity index (χ3v) is 6.61. The molecule has 9 heteroatoms. The van der Waals surface area contributed by atoms with Gasteiger partial charge in [-0.3, -0.25) is 9.36 Å². The van der Waals surface area contributed by atoms with Crippen LogP contribution < -0.4 is 10.1 Å². The molecule has 7 nitrogen and oxygen atoms in total. The van der Waals surface area contributed by atoms with E-state index in [1.807, 2.05) is 65.2 Å². The lowest BCUT2D eigenvalue weighted by Gasteiger charge is -2.10. The fraction of sp³-hybridized carbons (Fsp3) is 0.0741. The Bertz CT molecular complexity index is 1470. The smallest absolute Gasteiger partial charge is 0.255 e. The van der Waals surface area contributed by atoms with Crippen LogP contribution in [-0.4, -0.2) is 27.8 Å². The molecule has 0 unspecified atom stereocenters. The SMILES string of the molecule is COc1ccc(NC(=O)c2ccc(CSc3nnc(-c4ccco4)n3-c3cccc(Cl)c3)cc2)cc1. The lowest BCUT2D eigenvalue weighted by molar-refractivity contribution is 0.102. The van der Waals surface area contributed by atoms with Gasteiger partial charge in [0.25, 0.3) is 5.91 Å². The third kappa shape index (κ3) is 5.30. The molecule has 0 fully saturated rings. The average Bonchev–Trinajstić information content (AvgIpc) is 3.58. The molecule has 0 bridgehead atoms. The fourth-order valence-corrected chi connectivity index (χ4v) is 4.65. The molecule has 2 heterocycles. The summed E-state index contributed by atoms with van der Waals surface area (Å²) < 4.78 is 12.6. The highest BCUT2D eigenvalue weighted by Gasteiger charge is 2.18. The summed E-state index contributed by atoms with van der Waals surface area (Å²) in [7, 11) is 1.60. The van der Waals surface area contributed by atoms with Gasteiger partial charge in [0, 0.05) is 22.0 Å². The van der Waals surface area contributed by atoms with E-state index >= 15 is 0 Å². The van der Waals surface area contributed by atoms with Crippen LogP contribution in [0.25, 0.3) is 17.3 Å². The number of nitrogens with zero attached hydrogens (tertiary/aromatic N) is 3. The number of methoxy groups -OCH3 is 1. The number of hydrogen-bond donors (Lipinski definition) is 1. The van der Waals surface area contributed by atoms with Crippen molar-refractivity contribution in [1.82, 2.24) is 14.8 Å². The molecule has 36 heavy (non-hydrogen) atoms. The van der Waals surface area contributed by atoms with Crippen molar-refractivity contribution in [1.29, 1.82) is 0 Å². The minimum Gasteiger partial charge on any atom is -0.497 e. The van der Waals surface area contributed by atoms with E-state index < -0.39 is 0 Å². The normalized spacial score (nSPS) is 10.8. The minimum atomic E-state index is -0.178. The van der Waals surface area contributed by atoms with Crippen LogP contribution in [0, 0.1) is 0 Å². The predicted octanol–water partition coefficient (Wildman–Crippen LogP) is 6.73. The second kappa shape index (κ2) is 10.7. The van der Waals surface area contributed by atoms with Gasteiger partial charge in [0.1, 0.15) is 5.75 Å². The molecular formula is C27H21ClN4O3S. The van der Waals surface area contributed by atoms with E-state index in [1.165, 1.54) is 11.8 Å². The summed E-state index contributed by atoms with van der Waals surface area (Å²) in [6.07, 6.45) is 1.60. The van der Waals surface area contributed by atoms with Crippen molar-refractivity contribution < 1.29 is 13.9 Å². The number of anilines is 1. The zero-order valence-electron chi connectivity index (χ0n) is 19.2. The van der Waals surface area contributed by atoms with Gasteiger partial charge in [-0.1, -0.05) is 41.6 Å². The van der Waals surface area contributed by atoms with E-state index in [2.05, 4.69) is 15.5 Å². The number of nitrogens with one attached hydrogen (secondary N) is 1. The summed E-state index contributed by atoms with van der Waals surface area (Å²) in [5.41, 5.74) is 3.16. The highest BCUT2D eigenvalue weighted by Crippen LogP contribution is 2.31. The number of ether oxygens (including phenoxy) is 1. The van der Waals surface area contributed by atoms with Crippen LogP contribution in [0.2, 0.25) is 5.02 Å². The van der Waals surface area contributed by atoms with Crippen LogP contribution in [0.3, 0.4) is 0 Å². The Labute approximate surface area is 217 Å². The minimum absolute atomic E-state index is 0.178. The van der Waals surface area contributed by atoms with Gasteiger partial charge >= 0.3 is 0 Å². The number of carbonyl (C=O) groups excluding carboxylic acids is 1. The molecule has 0 saturated carbocycles. The van der Waals surface area contributed by atoms with E-state index in [0.717, 1.165) is 17.0 Å². The molecule has 0 atom stereocenters. The number of amides is 1. The summed E-state index contributed by atoms with van der Waals surface area (Å²) in [6.45, 7) is 0. The first kappa shape index (κ1) is 23.7. The van der Waals surface area contributed by atoms with Gasteiger partial charge < -0.3 is 14.5 Å². The maximum absolute atomic E-state index is 12.6. The molecule has 0 aliphatic heterocycles. The van der Waals surface area contributed by atoms with Gasteiger partial charge in [-0.25, -0.2) is 0 Å². The first-order chi connectivity index (χ1) is 17.6. The van der Waals surface area contributed by atoms with Gasteiger partial charge in [-0.2, -0.15) is 0 Å². The van der Waals surface area contributed by atoms with Crippen LogP contribution in [0.15, 0.2) is 101 Å². The number of hydrogen-bond acceptors (Lipinski definition) is 6. The Morgan fingerprint density at radius 1 is 1.03 bits per heavy atom. The van der Waals surface area contributed by atoms with Gasteiger partial charge in [-0.05, 0) is 72.3 Å². The molecule has 3 aromatic carbocycles. The first-order valence-corrected chi connectivity index (χ1v) is 12.4. The maximum atomic E-state index is 12.6. The molecular weight excluding hydrogens is 496 g/mol. The number of aromatic nitrogens is 3. The first-order valence-electron chi connectivity index (χ1n) is 11.0. The van der Waals surface area contributed by atoms with Crippen LogP contribution >= 0.6 is 23.4 Å². The van der Waals surface area contributed by atoms with E-state index in [0.29, 0.717) is 38.8 Å². The van der Waals surface area contributed by atoms with Gasteiger partial charge in [0.15, 0.2) is 10.9 Å². The molecule has 5 rings (SSSR count). The van der Waals surface area contributed by atoms with Crippen molar-refractivity contribution in [3.8, 4) is 23.0 Å². The maximum Gasteiger partial charge on any atom is 0.255 e. The molecule has 0 spiro atoms. The van der Waals surface area contributed by atoms with Crippen molar-refractivity contribution >= 4 is 35.0 Å². The second-order valence-corrected chi connectivity index (χ2v) is 9.15. The Morgan fingerprint density at radius 3 is 2.53 bits per heavy atom.